The summed E-state index contributed by atoms with van der Waals surface area (Å²) in [6, 6.07) is 9.58. The van der Waals surface area contributed by atoms with E-state index in [1.807, 2.05) is 64.2 Å². The molecule has 0 amide bonds. The molecule has 0 aliphatic rings. The highest BCUT2D eigenvalue weighted by molar-refractivity contribution is 6.30. The summed E-state index contributed by atoms with van der Waals surface area (Å²) in [7, 11) is 1.38. The van der Waals surface area contributed by atoms with Crippen molar-refractivity contribution in [3.8, 4) is 11.1 Å². The van der Waals surface area contributed by atoms with Gasteiger partial charge in [-0.2, -0.15) is 5.10 Å². The Morgan fingerprint density at radius 1 is 1.14 bits per heavy atom. The fourth-order valence-electron chi connectivity index (χ4n) is 4.45. The lowest BCUT2D eigenvalue weighted by Gasteiger charge is -2.28. The number of carbonyl (C=O) groups excluding carboxylic acids is 1. The first-order valence-corrected chi connectivity index (χ1v) is 11.9. The number of H-pyrrole nitrogens is 1. The van der Waals surface area contributed by atoms with E-state index in [-0.39, 0.29) is 0 Å². The second-order valence-corrected chi connectivity index (χ2v) is 10.1. The first-order valence-electron chi connectivity index (χ1n) is 11.5. The predicted octanol–water partition coefficient (Wildman–Crippen LogP) is 6.08. The number of halogens is 1. The van der Waals surface area contributed by atoms with Gasteiger partial charge in [-0.15, -0.1) is 0 Å². The number of carbonyl (C=O) groups is 1. The summed E-state index contributed by atoms with van der Waals surface area (Å²) in [5.74, 6) is -0.468. The molecule has 1 atom stereocenters. The first kappa shape index (κ1) is 24.9. The number of aryl methyl sites for hydroxylation is 2. The molecule has 7 nitrogen and oxygen atoms in total. The number of ether oxygens (including phenoxy) is 2. The maximum absolute atomic E-state index is 13.1. The lowest BCUT2D eigenvalue weighted by atomic mass is 9.91. The number of hydrogen-bond acceptors (Lipinski definition) is 5. The Morgan fingerprint density at radius 2 is 1.83 bits per heavy atom. The van der Waals surface area contributed by atoms with E-state index in [0.717, 1.165) is 39.1 Å². The molecule has 0 unspecified atom stereocenters. The highest BCUT2D eigenvalue weighted by Crippen LogP contribution is 2.42. The zero-order valence-corrected chi connectivity index (χ0v) is 21.9. The minimum Gasteiger partial charge on any atom is -0.467 e. The number of aromatic amines is 1. The second kappa shape index (κ2) is 9.47. The Morgan fingerprint density at radius 3 is 2.40 bits per heavy atom. The summed E-state index contributed by atoms with van der Waals surface area (Å²) in [5.41, 5.74) is 6.51. The second-order valence-electron chi connectivity index (χ2n) is 9.69. The van der Waals surface area contributed by atoms with Gasteiger partial charge >= 0.3 is 5.97 Å². The van der Waals surface area contributed by atoms with Crippen molar-refractivity contribution in [3.05, 3.63) is 69.8 Å². The van der Waals surface area contributed by atoms with Crippen LogP contribution in [-0.4, -0.2) is 38.4 Å². The fourth-order valence-corrected chi connectivity index (χ4v) is 4.58. The van der Waals surface area contributed by atoms with Crippen LogP contribution in [0.25, 0.3) is 22.2 Å². The summed E-state index contributed by atoms with van der Waals surface area (Å²) in [6.07, 6.45) is 0.862. The van der Waals surface area contributed by atoms with Crippen molar-refractivity contribution in [2.24, 2.45) is 0 Å². The number of nitrogens with zero attached hydrogens (tertiary/aromatic N) is 3. The number of hydrogen-bond donors (Lipinski definition) is 1. The molecule has 3 aromatic heterocycles. The molecule has 1 aromatic carbocycles. The van der Waals surface area contributed by atoms with Gasteiger partial charge in [-0.1, -0.05) is 23.7 Å². The summed E-state index contributed by atoms with van der Waals surface area (Å²) in [4.78, 5) is 18.1. The highest BCUT2D eigenvalue weighted by Gasteiger charge is 2.34. The molecule has 0 aliphatic carbocycles. The SMILES string of the molecule is COC(=O)[C@@H](OC(C)(C)C)c1c(C)nc2c(c(C)c(C)n2Cc2cc[nH]n2)c1-c1ccc(Cl)cc1. The topological polar surface area (TPSA) is 82.0 Å². The summed E-state index contributed by atoms with van der Waals surface area (Å²) >= 11 is 6.23. The largest absolute Gasteiger partial charge is 0.467 e. The van der Waals surface area contributed by atoms with Gasteiger partial charge in [0.2, 0.25) is 0 Å². The first-order chi connectivity index (χ1) is 16.5. The van der Waals surface area contributed by atoms with E-state index in [9.17, 15) is 4.79 Å². The van der Waals surface area contributed by atoms with Gasteiger partial charge in [0.15, 0.2) is 6.10 Å². The van der Waals surface area contributed by atoms with Crippen molar-refractivity contribution in [2.45, 2.75) is 59.8 Å². The zero-order chi connectivity index (χ0) is 25.5. The molecule has 0 spiro atoms. The Hall–Kier alpha value is -3.16. The van der Waals surface area contributed by atoms with Crippen LogP contribution in [0, 0.1) is 20.8 Å². The number of pyridine rings is 1. The van der Waals surface area contributed by atoms with E-state index in [1.54, 1.807) is 0 Å². The Labute approximate surface area is 210 Å². The van der Waals surface area contributed by atoms with Crippen LogP contribution in [0.15, 0.2) is 36.5 Å². The van der Waals surface area contributed by atoms with Crippen molar-refractivity contribution < 1.29 is 14.3 Å². The highest BCUT2D eigenvalue weighted by atomic mass is 35.5. The lowest BCUT2D eigenvalue weighted by molar-refractivity contribution is -0.164. The quantitative estimate of drug-likeness (QED) is 0.328. The molecule has 0 saturated carbocycles. The molecule has 8 heteroatoms. The van der Waals surface area contributed by atoms with Crippen LogP contribution in [0.2, 0.25) is 5.02 Å². The monoisotopic (exact) mass is 494 g/mol. The maximum Gasteiger partial charge on any atom is 0.339 e. The molecule has 0 saturated heterocycles. The normalized spacial score (nSPS) is 12.8. The number of aromatic nitrogens is 4. The van der Waals surface area contributed by atoms with Gasteiger partial charge in [-0.05, 0) is 70.9 Å². The number of nitrogens with one attached hydrogen (secondary N) is 1. The fraction of sp³-hybridized carbons (Fsp3) is 0.370. The van der Waals surface area contributed by atoms with E-state index in [0.29, 0.717) is 22.8 Å². The number of esters is 1. The van der Waals surface area contributed by atoms with Gasteiger partial charge < -0.3 is 14.0 Å². The van der Waals surface area contributed by atoms with E-state index >= 15 is 0 Å². The molecule has 1 N–H and O–H groups in total. The molecule has 0 bridgehead atoms. The van der Waals surface area contributed by atoms with Gasteiger partial charge in [-0.3, -0.25) is 5.10 Å². The zero-order valence-electron chi connectivity index (χ0n) is 21.2. The molecule has 4 rings (SSSR count). The Bertz CT molecular complexity index is 1370. The summed E-state index contributed by atoms with van der Waals surface area (Å²) in [5, 5.41) is 8.81. The average Bonchev–Trinajstić information content (AvgIpc) is 3.39. The van der Waals surface area contributed by atoms with E-state index in [2.05, 4.69) is 28.6 Å². The Balaban J connectivity index is 2.09. The smallest absolute Gasteiger partial charge is 0.339 e. The maximum atomic E-state index is 13.1. The summed E-state index contributed by atoms with van der Waals surface area (Å²) in [6.45, 7) is 12.4. The molecule has 0 fully saturated rings. The van der Waals surface area contributed by atoms with Gasteiger partial charge in [0.05, 0.1) is 24.9 Å². The molecule has 0 aliphatic heterocycles. The van der Waals surface area contributed by atoms with Crippen LogP contribution in [-0.2, 0) is 20.8 Å². The predicted molar refractivity (Wildman–Crippen MR) is 138 cm³/mol. The standard InChI is InChI=1S/C27H31ClN4O3/c1-15-17(3)32(14-20-12-13-29-31-20)25-21(15)23(18-8-10-19(28)11-9-18)22(16(2)30-25)24(26(33)34-7)35-27(4,5)6/h8-13,24H,14H2,1-7H3,(H,29,31)/t24-/m0/s1. The number of rotatable bonds is 6. The van der Waals surface area contributed by atoms with Crippen LogP contribution in [0.1, 0.15) is 55.1 Å². The molecule has 0 radical (unpaired) electrons. The van der Waals surface area contributed by atoms with Crippen molar-refractivity contribution in [3.63, 3.8) is 0 Å². The third-order valence-corrected chi connectivity index (χ3v) is 6.40. The van der Waals surface area contributed by atoms with Crippen LogP contribution >= 0.6 is 11.6 Å². The van der Waals surface area contributed by atoms with Crippen molar-refractivity contribution in [2.75, 3.05) is 7.11 Å². The van der Waals surface area contributed by atoms with Gasteiger partial charge in [-0.25, -0.2) is 9.78 Å². The van der Waals surface area contributed by atoms with Crippen LogP contribution in [0.3, 0.4) is 0 Å². The minimum atomic E-state index is -0.947. The molecule has 3 heterocycles. The van der Waals surface area contributed by atoms with Crippen molar-refractivity contribution >= 4 is 28.6 Å². The van der Waals surface area contributed by atoms with Gasteiger partial charge in [0.25, 0.3) is 0 Å². The van der Waals surface area contributed by atoms with Crippen molar-refractivity contribution in [1.82, 2.24) is 19.7 Å². The molecule has 35 heavy (non-hydrogen) atoms. The average molecular weight is 495 g/mol. The third kappa shape index (κ3) is 4.83. The van der Waals surface area contributed by atoms with Gasteiger partial charge in [0, 0.05) is 39.1 Å². The summed E-state index contributed by atoms with van der Waals surface area (Å²) < 4.78 is 13.6. The molecular weight excluding hydrogens is 464 g/mol. The van der Waals surface area contributed by atoms with E-state index in [1.165, 1.54) is 7.11 Å². The Kier molecular flexibility index (Phi) is 6.75. The molecular formula is C27H31ClN4O3. The van der Waals surface area contributed by atoms with Gasteiger partial charge in [0.1, 0.15) is 5.65 Å². The molecule has 184 valence electrons. The van der Waals surface area contributed by atoms with Crippen LogP contribution < -0.4 is 0 Å². The lowest BCUT2D eigenvalue weighted by Crippen LogP contribution is -2.29. The number of fused-ring (bicyclic) bond motifs is 1. The van der Waals surface area contributed by atoms with Crippen LogP contribution in [0.4, 0.5) is 0 Å². The minimum absolute atomic E-state index is 0.468. The molecule has 4 aromatic rings. The van der Waals surface area contributed by atoms with E-state index in [4.69, 9.17) is 26.1 Å². The number of benzene rings is 1. The van der Waals surface area contributed by atoms with E-state index < -0.39 is 17.7 Å². The van der Waals surface area contributed by atoms with Crippen molar-refractivity contribution in [1.29, 1.82) is 0 Å². The van der Waals surface area contributed by atoms with Crippen LogP contribution in [0.5, 0.6) is 0 Å². The number of methoxy groups -OCH3 is 1. The third-order valence-electron chi connectivity index (χ3n) is 6.14.